The Bertz CT molecular complexity index is 917. The number of ether oxygens (including phenoxy) is 1. The summed E-state index contributed by atoms with van der Waals surface area (Å²) in [7, 11) is 0. The fourth-order valence-electron chi connectivity index (χ4n) is 2.94. The number of anilines is 4. The van der Waals surface area contributed by atoms with Crippen LogP contribution in [-0.4, -0.2) is 47.0 Å². The van der Waals surface area contributed by atoms with E-state index in [-0.39, 0.29) is 17.8 Å². The number of aromatic nitrogens is 3. The number of rotatable bonds is 4. The Kier molecular flexibility index (Phi) is 4.71. The van der Waals surface area contributed by atoms with Gasteiger partial charge in [-0.2, -0.15) is 9.67 Å². The molecule has 3 N–H and O–H groups in total. The van der Waals surface area contributed by atoms with E-state index in [0.717, 1.165) is 29.1 Å². The van der Waals surface area contributed by atoms with Crippen molar-refractivity contribution in [1.82, 2.24) is 14.8 Å². The topological polar surface area (TPSA) is 98.3 Å². The Labute approximate surface area is 156 Å². The normalized spacial score (nSPS) is 14.1. The van der Waals surface area contributed by atoms with E-state index in [1.54, 1.807) is 12.1 Å². The molecule has 0 saturated carbocycles. The number of para-hydroxylation sites is 1. The second-order valence-corrected chi connectivity index (χ2v) is 6.15. The first-order valence-electron chi connectivity index (χ1n) is 8.73. The monoisotopic (exact) mass is 364 g/mol. The average Bonchev–Trinajstić information content (AvgIpc) is 3.09. The lowest BCUT2D eigenvalue weighted by atomic mass is 10.2. The van der Waals surface area contributed by atoms with Gasteiger partial charge < -0.3 is 20.7 Å². The molecule has 1 fully saturated rings. The Morgan fingerprint density at radius 3 is 2.44 bits per heavy atom. The number of benzene rings is 2. The molecule has 0 spiro atoms. The van der Waals surface area contributed by atoms with Crippen molar-refractivity contribution in [3.63, 3.8) is 0 Å². The van der Waals surface area contributed by atoms with Gasteiger partial charge in [-0.3, -0.25) is 4.79 Å². The summed E-state index contributed by atoms with van der Waals surface area (Å²) in [6.45, 7) is 3.12. The molecule has 138 valence electrons. The van der Waals surface area contributed by atoms with Crippen molar-refractivity contribution in [2.75, 3.05) is 42.3 Å². The van der Waals surface area contributed by atoms with E-state index in [1.807, 2.05) is 42.5 Å². The highest BCUT2D eigenvalue weighted by Crippen LogP contribution is 2.19. The van der Waals surface area contributed by atoms with Crippen molar-refractivity contribution < 1.29 is 9.53 Å². The van der Waals surface area contributed by atoms with Crippen LogP contribution in [0.2, 0.25) is 0 Å². The van der Waals surface area contributed by atoms with Crippen LogP contribution in [0.3, 0.4) is 0 Å². The van der Waals surface area contributed by atoms with Crippen molar-refractivity contribution in [2.45, 2.75) is 0 Å². The molecule has 0 radical (unpaired) electrons. The Morgan fingerprint density at radius 2 is 1.74 bits per heavy atom. The number of carbonyl (C=O) groups excluding carboxylic acids is 1. The number of carbonyl (C=O) groups is 1. The van der Waals surface area contributed by atoms with Gasteiger partial charge in [-0.15, -0.1) is 5.10 Å². The summed E-state index contributed by atoms with van der Waals surface area (Å²) in [4.78, 5) is 19.1. The van der Waals surface area contributed by atoms with Gasteiger partial charge in [0.1, 0.15) is 0 Å². The van der Waals surface area contributed by atoms with Gasteiger partial charge in [0.2, 0.25) is 11.9 Å². The van der Waals surface area contributed by atoms with Crippen LogP contribution in [0.1, 0.15) is 10.4 Å². The zero-order valence-electron chi connectivity index (χ0n) is 14.7. The second-order valence-electron chi connectivity index (χ2n) is 6.15. The quantitative estimate of drug-likeness (QED) is 0.732. The molecule has 4 rings (SSSR count). The molecular formula is C19H20N6O2. The summed E-state index contributed by atoms with van der Waals surface area (Å²) in [6, 6.07) is 16.9. The van der Waals surface area contributed by atoms with Gasteiger partial charge >= 0.3 is 0 Å². The predicted molar refractivity (Wildman–Crippen MR) is 103 cm³/mol. The zero-order valence-corrected chi connectivity index (χ0v) is 14.7. The Hall–Kier alpha value is -3.39. The smallest absolute Gasteiger partial charge is 0.281 e. The van der Waals surface area contributed by atoms with E-state index in [4.69, 9.17) is 10.5 Å². The zero-order chi connectivity index (χ0) is 18.6. The molecule has 8 heteroatoms. The van der Waals surface area contributed by atoms with Crippen LogP contribution in [0.4, 0.5) is 23.3 Å². The van der Waals surface area contributed by atoms with Gasteiger partial charge in [0.05, 0.1) is 13.2 Å². The molecule has 0 unspecified atom stereocenters. The minimum absolute atomic E-state index is 0.0377. The highest BCUT2D eigenvalue weighted by atomic mass is 16.5. The van der Waals surface area contributed by atoms with E-state index in [2.05, 4.69) is 20.3 Å². The van der Waals surface area contributed by atoms with Crippen LogP contribution < -0.4 is 16.0 Å². The van der Waals surface area contributed by atoms with Crippen LogP contribution >= 0.6 is 0 Å². The maximum atomic E-state index is 12.7. The fraction of sp³-hybridized carbons (Fsp3) is 0.211. The van der Waals surface area contributed by atoms with E-state index < -0.39 is 0 Å². The van der Waals surface area contributed by atoms with E-state index >= 15 is 0 Å². The van der Waals surface area contributed by atoms with Gasteiger partial charge in [0.15, 0.2) is 0 Å². The van der Waals surface area contributed by atoms with Crippen LogP contribution in [-0.2, 0) is 4.74 Å². The number of morpholine rings is 1. The Morgan fingerprint density at radius 1 is 1.04 bits per heavy atom. The highest BCUT2D eigenvalue weighted by Gasteiger charge is 2.17. The fourth-order valence-corrected chi connectivity index (χ4v) is 2.94. The summed E-state index contributed by atoms with van der Waals surface area (Å²) in [5, 5.41) is 7.22. The van der Waals surface area contributed by atoms with Crippen molar-refractivity contribution in [2.24, 2.45) is 0 Å². The summed E-state index contributed by atoms with van der Waals surface area (Å²) >= 11 is 0. The molecule has 3 aromatic rings. The third-order valence-corrected chi connectivity index (χ3v) is 4.34. The molecule has 1 aromatic heterocycles. The maximum Gasteiger partial charge on any atom is 0.281 e. The van der Waals surface area contributed by atoms with Crippen molar-refractivity contribution in [1.29, 1.82) is 0 Å². The molecule has 1 aliphatic heterocycles. The van der Waals surface area contributed by atoms with Gasteiger partial charge in [0, 0.05) is 30.0 Å². The standard InChI is InChI=1S/C19H20N6O2/c20-18-22-19(21-15-4-2-1-3-5-15)23-25(18)17(26)14-6-8-16(9-7-14)24-10-12-27-13-11-24/h1-9H,10-13H2,(H3,20,21,22,23). The van der Waals surface area contributed by atoms with Crippen LogP contribution in [0.25, 0.3) is 0 Å². The number of hydrogen-bond donors (Lipinski definition) is 2. The van der Waals surface area contributed by atoms with Crippen molar-refractivity contribution in [3.05, 3.63) is 60.2 Å². The summed E-state index contributed by atoms with van der Waals surface area (Å²) < 4.78 is 6.47. The third kappa shape index (κ3) is 3.75. The first kappa shape index (κ1) is 17.0. The molecule has 27 heavy (non-hydrogen) atoms. The number of nitrogen functional groups attached to an aromatic ring is 1. The number of nitrogens with two attached hydrogens (primary N) is 1. The molecule has 2 heterocycles. The van der Waals surface area contributed by atoms with E-state index in [9.17, 15) is 4.79 Å². The van der Waals surface area contributed by atoms with Crippen LogP contribution in [0.5, 0.6) is 0 Å². The molecule has 1 saturated heterocycles. The predicted octanol–water partition coefficient (Wildman–Crippen LogP) is 2.13. The van der Waals surface area contributed by atoms with E-state index in [0.29, 0.717) is 18.8 Å². The lowest BCUT2D eigenvalue weighted by Crippen LogP contribution is -2.36. The lowest BCUT2D eigenvalue weighted by Gasteiger charge is -2.28. The van der Waals surface area contributed by atoms with Crippen LogP contribution in [0, 0.1) is 0 Å². The van der Waals surface area contributed by atoms with Crippen molar-refractivity contribution in [3.8, 4) is 0 Å². The summed E-state index contributed by atoms with van der Waals surface area (Å²) in [5.74, 6) is -0.0117. The Balaban J connectivity index is 1.50. The van der Waals surface area contributed by atoms with Crippen molar-refractivity contribution >= 4 is 29.2 Å². The molecular weight excluding hydrogens is 344 g/mol. The molecule has 0 atom stereocenters. The SMILES string of the molecule is Nc1nc(Nc2ccccc2)nn1C(=O)c1ccc(N2CCOCC2)cc1. The molecule has 1 aliphatic rings. The first-order chi connectivity index (χ1) is 13.2. The average molecular weight is 364 g/mol. The third-order valence-electron chi connectivity index (χ3n) is 4.34. The number of nitrogens with one attached hydrogen (secondary N) is 1. The van der Waals surface area contributed by atoms with Gasteiger partial charge in [0.25, 0.3) is 5.91 Å². The minimum atomic E-state index is -0.324. The maximum absolute atomic E-state index is 12.7. The molecule has 0 bridgehead atoms. The molecule has 8 nitrogen and oxygen atoms in total. The number of hydrogen-bond acceptors (Lipinski definition) is 7. The molecule has 0 amide bonds. The van der Waals surface area contributed by atoms with Crippen LogP contribution in [0.15, 0.2) is 54.6 Å². The lowest BCUT2D eigenvalue weighted by molar-refractivity contribution is 0.0948. The minimum Gasteiger partial charge on any atom is -0.378 e. The van der Waals surface area contributed by atoms with Gasteiger partial charge in [-0.05, 0) is 36.4 Å². The number of nitrogens with zero attached hydrogens (tertiary/aromatic N) is 4. The summed E-state index contributed by atoms with van der Waals surface area (Å²) in [5.41, 5.74) is 8.26. The summed E-state index contributed by atoms with van der Waals surface area (Å²) in [6.07, 6.45) is 0. The first-order valence-corrected chi connectivity index (χ1v) is 8.73. The molecule has 0 aliphatic carbocycles. The second kappa shape index (κ2) is 7.46. The largest absolute Gasteiger partial charge is 0.378 e. The van der Waals surface area contributed by atoms with Gasteiger partial charge in [-0.25, -0.2) is 0 Å². The van der Waals surface area contributed by atoms with Gasteiger partial charge in [-0.1, -0.05) is 18.2 Å². The van der Waals surface area contributed by atoms with E-state index in [1.165, 1.54) is 0 Å². The highest BCUT2D eigenvalue weighted by molar-refractivity contribution is 5.97. The molecule has 2 aromatic carbocycles.